The van der Waals surface area contributed by atoms with Crippen molar-refractivity contribution in [3.8, 4) is 11.5 Å². The Kier molecular flexibility index (Phi) is 2.54. The molecule has 0 amide bonds. The number of aromatic hydroxyl groups is 2. The van der Waals surface area contributed by atoms with Crippen molar-refractivity contribution in [2.24, 2.45) is 0 Å². The van der Waals surface area contributed by atoms with Crippen molar-refractivity contribution in [3.63, 3.8) is 0 Å². The normalized spacial score (nSPS) is 15.1. The highest BCUT2D eigenvalue weighted by Crippen LogP contribution is 2.41. The quantitative estimate of drug-likeness (QED) is 0.689. The third-order valence-electron chi connectivity index (χ3n) is 3.69. The number of carbonyl (C=O) groups excluding carboxylic acids is 2. The largest absolute Gasteiger partial charge is 0.507 e. The molecule has 2 N–H and O–H groups in total. The molecule has 2 rings (SSSR count). The summed E-state index contributed by atoms with van der Waals surface area (Å²) in [7, 11) is 0. The highest BCUT2D eigenvalue weighted by Gasteiger charge is 2.34. The molecule has 0 fully saturated rings. The number of Topliss-reactive ketones (excluding diaryl/α,β-unsaturated/α-hetero) is 2. The van der Waals surface area contributed by atoms with Crippen LogP contribution in [0.2, 0.25) is 0 Å². The van der Waals surface area contributed by atoms with E-state index in [9.17, 15) is 19.8 Å². The van der Waals surface area contributed by atoms with Crippen LogP contribution < -0.4 is 0 Å². The van der Waals surface area contributed by atoms with Gasteiger partial charge >= 0.3 is 0 Å². The van der Waals surface area contributed by atoms with E-state index in [0.717, 1.165) is 0 Å². The second-order valence-electron chi connectivity index (χ2n) is 4.61. The zero-order chi connectivity index (χ0) is 13.8. The second kappa shape index (κ2) is 3.70. The van der Waals surface area contributed by atoms with Crippen LogP contribution in [-0.2, 0) is 0 Å². The van der Waals surface area contributed by atoms with Gasteiger partial charge in [-0.05, 0) is 38.8 Å². The van der Waals surface area contributed by atoms with Crippen molar-refractivity contribution in [1.82, 2.24) is 0 Å². The smallest absolute Gasteiger partial charge is 0.193 e. The summed E-state index contributed by atoms with van der Waals surface area (Å²) < 4.78 is 0. The summed E-state index contributed by atoms with van der Waals surface area (Å²) in [5.74, 6) is -1.24. The Morgan fingerprint density at radius 1 is 0.667 bits per heavy atom. The molecule has 0 saturated heterocycles. The first-order valence-corrected chi connectivity index (χ1v) is 5.61. The molecule has 18 heavy (non-hydrogen) atoms. The molecule has 94 valence electrons. The maximum Gasteiger partial charge on any atom is 0.193 e. The number of carbonyl (C=O) groups is 2. The molecule has 1 aliphatic carbocycles. The predicted molar refractivity (Wildman–Crippen MR) is 66.3 cm³/mol. The summed E-state index contributed by atoms with van der Waals surface area (Å²) in [6.45, 7) is 6.29. The number of benzene rings is 1. The minimum Gasteiger partial charge on any atom is -0.507 e. The Hall–Kier alpha value is -2.10. The molecule has 1 aromatic rings. The van der Waals surface area contributed by atoms with E-state index in [2.05, 4.69) is 0 Å². The first-order chi connectivity index (χ1) is 8.29. The fraction of sp³-hybridized carbons (Fsp3) is 0.286. The molecule has 0 aromatic heterocycles. The minimum atomic E-state index is -0.405. The Balaban J connectivity index is 2.96. The third-order valence-corrected chi connectivity index (χ3v) is 3.69. The Morgan fingerprint density at radius 3 is 1.22 bits per heavy atom. The molecule has 4 nitrogen and oxygen atoms in total. The van der Waals surface area contributed by atoms with Gasteiger partial charge in [-0.1, -0.05) is 0 Å². The van der Waals surface area contributed by atoms with Crippen LogP contribution in [-0.4, -0.2) is 21.8 Å². The van der Waals surface area contributed by atoms with Crippen molar-refractivity contribution in [2.75, 3.05) is 0 Å². The fourth-order valence-corrected chi connectivity index (χ4v) is 2.12. The lowest BCUT2D eigenvalue weighted by atomic mass is 9.82. The van der Waals surface area contributed by atoms with Crippen LogP contribution in [0.4, 0.5) is 0 Å². The zero-order valence-corrected chi connectivity index (χ0v) is 10.7. The number of hydrogen-bond acceptors (Lipinski definition) is 4. The van der Waals surface area contributed by atoms with Gasteiger partial charge in [0.05, 0.1) is 11.1 Å². The fourth-order valence-electron chi connectivity index (χ4n) is 2.12. The van der Waals surface area contributed by atoms with Crippen LogP contribution >= 0.6 is 0 Å². The molecule has 0 aliphatic heterocycles. The van der Waals surface area contributed by atoms with Crippen molar-refractivity contribution in [2.45, 2.75) is 27.7 Å². The maximum absolute atomic E-state index is 12.1. The third kappa shape index (κ3) is 1.32. The standard InChI is InChI=1S/C14H14O4/c1-5-6(2)12(16)10-9(11(5)15)13(17)7(3)8(4)14(10)18/h15-16H,1-4H3. The van der Waals surface area contributed by atoms with Crippen LogP contribution in [0.1, 0.15) is 45.7 Å². The molecule has 1 aliphatic rings. The number of hydrogen-bond donors (Lipinski definition) is 2. The monoisotopic (exact) mass is 246 g/mol. The van der Waals surface area contributed by atoms with Crippen LogP contribution in [0.5, 0.6) is 11.5 Å². The van der Waals surface area contributed by atoms with Crippen LogP contribution in [0.3, 0.4) is 0 Å². The SMILES string of the molecule is CC1=C(C)C(=O)c2c(O)c(C)c(C)c(O)c2C1=O. The lowest BCUT2D eigenvalue weighted by molar-refractivity contribution is 0.0969. The number of phenols is 2. The van der Waals surface area contributed by atoms with Crippen molar-refractivity contribution < 1.29 is 19.8 Å². The molecule has 0 spiro atoms. The van der Waals surface area contributed by atoms with Gasteiger partial charge in [-0.25, -0.2) is 0 Å². The Bertz CT molecular complexity index is 581. The molecule has 0 heterocycles. The van der Waals surface area contributed by atoms with E-state index in [1.807, 2.05) is 0 Å². The predicted octanol–water partition coefficient (Wildman–Crippen LogP) is 2.43. The average molecular weight is 246 g/mol. The van der Waals surface area contributed by atoms with Crippen LogP contribution in [0, 0.1) is 13.8 Å². The van der Waals surface area contributed by atoms with Crippen molar-refractivity contribution in [1.29, 1.82) is 0 Å². The molecule has 0 saturated carbocycles. The van der Waals surface area contributed by atoms with Gasteiger partial charge in [0.1, 0.15) is 11.5 Å². The Morgan fingerprint density at radius 2 is 0.944 bits per heavy atom. The topological polar surface area (TPSA) is 74.6 Å². The van der Waals surface area contributed by atoms with Crippen molar-refractivity contribution in [3.05, 3.63) is 33.4 Å². The molecule has 0 atom stereocenters. The highest BCUT2D eigenvalue weighted by molar-refractivity contribution is 6.28. The number of fused-ring (bicyclic) bond motifs is 1. The second-order valence-corrected chi connectivity index (χ2v) is 4.61. The molecule has 4 heteroatoms. The first kappa shape index (κ1) is 12.4. The van der Waals surface area contributed by atoms with Crippen LogP contribution in [0.15, 0.2) is 11.1 Å². The summed E-state index contributed by atoms with van der Waals surface area (Å²) in [5.41, 5.74) is 1.29. The van der Waals surface area contributed by atoms with E-state index in [4.69, 9.17) is 0 Å². The van der Waals surface area contributed by atoms with E-state index in [1.165, 1.54) is 0 Å². The van der Waals surface area contributed by atoms with Gasteiger partial charge in [-0.3, -0.25) is 9.59 Å². The maximum atomic E-state index is 12.1. The number of allylic oxidation sites excluding steroid dienone is 2. The summed E-state index contributed by atoms with van der Waals surface area (Å²) >= 11 is 0. The minimum absolute atomic E-state index is 0.0799. The first-order valence-electron chi connectivity index (χ1n) is 5.61. The van der Waals surface area contributed by atoms with Crippen LogP contribution in [0.25, 0.3) is 0 Å². The van der Waals surface area contributed by atoms with Gasteiger partial charge in [-0.15, -0.1) is 0 Å². The molecule has 1 aromatic carbocycles. The van der Waals surface area contributed by atoms with Gasteiger partial charge in [0, 0.05) is 11.1 Å². The summed E-state index contributed by atoms with van der Waals surface area (Å²) in [4.78, 5) is 24.3. The van der Waals surface area contributed by atoms with E-state index in [-0.39, 0.29) is 22.6 Å². The van der Waals surface area contributed by atoms with E-state index < -0.39 is 11.6 Å². The van der Waals surface area contributed by atoms with Gasteiger partial charge < -0.3 is 10.2 Å². The molecular weight excluding hydrogens is 232 g/mol. The summed E-state index contributed by atoms with van der Waals surface area (Å²) in [5, 5.41) is 20.1. The lowest BCUT2D eigenvalue weighted by Crippen LogP contribution is -2.20. The number of rotatable bonds is 0. The molecule has 0 radical (unpaired) electrons. The van der Waals surface area contributed by atoms with Gasteiger partial charge in [0.15, 0.2) is 11.6 Å². The summed E-state index contributed by atoms with van der Waals surface area (Å²) in [6, 6.07) is 0. The van der Waals surface area contributed by atoms with Crippen molar-refractivity contribution >= 4 is 11.6 Å². The molecular formula is C14H14O4. The van der Waals surface area contributed by atoms with Gasteiger partial charge in [0.25, 0.3) is 0 Å². The van der Waals surface area contributed by atoms with E-state index in [0.29, 0.717) is 22.3 Å². The lowest BCUT2D eigenvalue weighted by Gasteiger charge is -2.21. The molecule has 0 unspecified atom stereocenters. The Labute approximate surface area is 105 Å². The van der Waals surface area contributed by atoms with Gasteiger partial charge in [0.2, 0.25) is 0 Å². The van der Waals surface area contributed by atoms with E-state index in [1.54, 1.807) is 27.7 Å². The number of phenolic OH excluding ortho intramolecular Hbond substituents is 2. The zero-order valence-electron chi connectivity index (χ0n) is 10.7. The number of ketones is 2. The van der Waals surface area contributed by atoms with E-state index >= 15 is 0 Å². The molecule has 0 bridgehead atoms. The van der Waals surface area contributed by atoms with Gasteiger partial charge in [-0.2, -0.15) is 0 Å². The average Bonchev–Trinajstić information content (AvgIpc) is 2.35. The highest BCUT2D eigenvalue weighted by atomic mass is 16.3. The summed E-state index contributed by atoms with van der Waals surface area (Å²) in [6.07, 6.45) is 0.